The van der Waals surface area contributed by atoms with Crippen molar-refractivity contribution in [1.82, 2.24) is 19.8 Å². The van der Waals surface area contributed by atoms with Gasteiger partial charge in [0.15, 0.2) is 5.76 Å². The van der Waals surface area contributed by atoms with Crippen LogP contribution in [0.3, 0.4) is 0 Å². The zero-order chi connectivity index (χ0) is 19.6. The third kappa shape index (κ3) is 3.88. The molecule has 8 nitrogen and oxygen atoms in total. The van der Waals surface area contributed by atoms with Crippen molar-refractivity contribution in [3.8, 4) is 0 Å². The lowest BCUT2D eigenvalue weighted by atomic mass is 10.1. The Balaban J connectivity index is 1.57. The zero-order valence-electron chi connectivity index (χ0n) is 15.4. The molecule has 0 radical (unpaired) electrons. The number of amides is 1. The number of benzene rings is 1. The Labute approximate surface area is 157 Å². The number of rotatable bonds is 7. The summed E-state index contributed by atoms with van der Waals surface area (Å²) in [6, 6.07) is 7.76. The number of aromatic amines is 1. The van der Waals surface area contributed by atoms with Gasteiger partial charge < -0.3 is 14.8 Å². The summed E-state index contributed by atoms with van der Waals surface area (Å²) >= 11 is 0. The van der Waals surface area contributed by atoms with Gasteiger partial charge in [0.05, 0.1) is 6.42 Å². The lowest BCUT2D eigenvalue weighted by Gasteiger charge is -2.17. The maximum atomic E-state index is 12.6. The molecule has 0 fully saturated rings. The van der Waals surface area contributed by atoms with Crippen LogP contribution in [0.2, 0.25) is 0 Å². The minimum atomic E-state index is -3.71. The van der Waals surface area contributed by atoms with Crippen LogP contribution in [0.15, 0.2) is 39.9 Å². The summed E-state index contributed by atoms with van der Waals surface area (Å²) < 4.78 is 31.4. The fraction of sp³-hybridized carbons (Fsp3) is 0.333. The van der Waals surface area contributed by atoms with Crippen molar-refractivity contribution in [3.63, 3.8) is 0 Å². The molecule has 0 aliphatic heterocycles. The lowest BCUT2D eigenvalue weighted by Crippen LogP contribution is -2.37. The van der Waals surface area contributed by atoms with E-state index in [-0.39, 0.29) is 36.1 Å². The van der Waals surface area contributed by atoms with Crippen molar-refractivity contribution in [2.24, 2.45) is 0 Å². The standard InChI is InChI=1S/C18H22N4O4S/c1-12-18(13(2)26-21-12)27(24,25)22(3)9-8-19-17(23)10-14-11-20-16-7-5-4-6-15(14)16/h4-7,11,20H,8-10H2,1-3H3,(H,19,23). The number of hydrogen-bond donors (Lipinski definition) is 2. The van der Waals surface area contributed by atoms with Crippen molar-refractivity contribution < 1.29 is 17.7 Å². The minimum absolute atomic E-state index is 0.0788. The molecule has 2 N–H and O–H groups in total. The third-order valence-electron chi connectivity index (χ3n) is 4.41. The number of nitrogens with zero attached hydrogens (tertiary/aromatic N) is 2. The number of H-pyrrole nitrogens is 1. The number of likely N-dealkylation sites (N-methyl/N-ethyl adjacent to an activating group) is 1. The van der Waals surface area contributed by atoms with Crippen LogP contribution in [0.5, 0.6) is 0 Å². The molecule has 2 heterocycles. The molecule has 0 aliphatic rings. The molecule has 0 aliphatic carbocycles. The first kappa shape index (κ1) is 19.1. The van der Waals surface area contributed by atoms with Crippen LogP contribution < -0.4 is 5.32 Å². The minimum Gasteiger partial charge on any atom is -0.361 e. The molecule has 144 valence electrons. The molecular formula is C18H22N4O4S. The molecule has 0 saturated carbocycles. The Morgan fingerprint density at radius 3 is 2.74 bits per heavy atom. The molecule has 0 spiro atoms. The van der Waals surface area contributed by atoms with Gasteiger partial charge in [-0.15, -0.1) is 0 Å². The van der Waals surface area contributed by atoms with E-state index < -0.39 is 10.0 Å². The predicted molar refractivity (Wildman–Crippen MR) is 101 cm³/mol. The SMILES string of the molecule is Cc1noc(C)c1S(=O)(=O)N(C)CCNC(=O)Cc1c[nH]c2ccccc12. The summed E-state index contributed by atoms with van der Waals surface area (Å²) in [4.78, 5) is 15.4. The molecule has 3 rings (SSSR count). The topological polar surface area (TPSA) is 108 Å². The van der Waals surface area contributed by atoms with E-state index in [0.717, 1.165) is 16.5 Å². The molecule has 2 aromatic heterocycles. The Hall–Kier alpha value is -2.65. The smallest absolute Gasteiger partial charge is 0.248 e. The molecule has 9 heteroatoms. The summed E-state index contributed by atoms with van der Waals surface area (Å²) in [5, 5.41) is 7.46. The maximum absolute atomic E-state index is 12.6. The van der Waals surface area contributed by atoms with Gasteiger partial charge in [0.25, 0.3) is 0 Å². The van der Waals surface area contributed by atoms with Gasteiger partial charge in [0.2, 0.25) is 15.9 Å². The highest BCUT2D eigenvalue weighted by molar-refractivity contribution is 7.89. The predicted octanol–water partition coefficient (Wildman–Crippen LogP) is 1.75. The number of hydrogen-bond acceptors (Lipinski definition) is 5. The maximum Gasteiger partial charge on any atom is 0.248 e. The van der Waals surface area contributed by atoms with Crippen molar-refractivity contribution >= 4 is 26.8 Å². The molecule has 0 atom stereocenters. The summed E-state index contributed by atoms with van der Waals surface area (Å²) in [5.41, 5.74) is 2.20. The monoisotopic (exact) mass is 390 g/mol. The Bertz CT molecular complexity index is 1050. The normalized spacial score (nSPS) is 12.0. The van der Waals surface area contributed by atoms with Crippen LogP contribution in [-0.4, -0.2) is 48.9 Å². The van der Waals surface area contributed by atoms with E-state index in [1.165, 1.54) is 11.4 Å². The lowest BCUT2D eigenvalue weighted by molar-refractivity contribution is -0.120. The Morgan fingerprint density at radius 2 is 2.04 bits per heavy atom. The zero-order valence-corrected chi connectivity index (χ0v) is 16.3. The molecule has 1 amide bonds. The van der Waals surface area contributed by atoms with Gasteiger partial charge in [-0.05, 0) is 25.5 Å². The van der Waals surface area contributed by atoms with Crippen LogP contribution in [0.1, 0.15) is 17.0 Å². The largest absolute Gasteiger partial charge is 0.361 e. The van der Waals surface area contributed by atoms with Gasteiger partial charge in [0.1, 0.15) is 10.6 Å². The second-order valence-corrected chi connectivity index (χ2v) is 8.35. The number of sulfonamides is 1. The van der Waals surface area contributed by atoms with Gasteiger partial charge >= 0.3 is 0 Å². The van der Waals surface area contributed by atoms with Crippen molar-refractivity contribution in [3.05, 3.63) is 47.5 Å². The van der Waals surface area contributed by atoms with Crippen molar-refractivity contribution in [1.29, 1.82) is 0 Å². The quantitative estimate of drug-likeness (QED) is 0.639. The number of fused-ring (bicyclic) bond motifs is 1. The number of carbonyl (C=O) groups is 1. The molecule has 3 aromatic rings. The first-order valence-electron chi connectivity index (χ1n) is 8.51. The first-order chi connectivity index (χ1) is 12.8. The van der Waals surface area contributed by atoms with Crippen molar-refractivity contribution in [2.45, 2.75) is 25.2 Å². The van der Waals surface area contributed by atoms with Gasteiger partial charge in [-0.1, -0.05) is 23.4 Å². The van der Waals surface area contributed by atoms with Gasteiger partial charge in [-0.3, -0.25) is 4.79 Å². The molecular weight excluding hydrogens is 368 g/mol. The van der Waals surface area contributed by atoms with E-state index in [4.69, 9.17) is 4.52 Å². The van der Waals surface area contributed by atoms with Crippen LogP contribution in [0, 0.1) is 13.8 Å². The van der Waals surface area contributed by atoms with Crippen LogP contribution >= 0.6 is 0 Å². The van der Waals surface area contributed by atoms with E-state index in [1.807, 2.05) is 30.5 Å². The molecule has 0 bridgehead atoms. The summed E-state index contributed by atoms with van der Waals surface area (Å²) in [5.74, 6) is 0.0885. The number of nitrogens with one attached hydrogen (secondary N) is 2. The van der Waals surface area contributed by atoms with Crippen LogP contribution in [0.4, 0.5) is 0 Å². The Kier molecular flexibility index (Phi) is 5.33. The molecule has 0 saturated heterocycles. The van der Waals surface area contributed by atoms with E-state index in [0.29, 0.717) is 5.69 Å². The first-order valence-corrected chi connectivity index (χ1v) is 9.95. The van der Waals surface area contributed by atoms with E-state index >= 15 is 0 Å². The average Bonchev–Trinajstić information content (AvgIpc) is 3.18. The van der Waals surface area contributed by atoms with Crippen LogP contribution in [0.25, 0.3) is 10.9 Å². The number of carbonyl (C=O) groups excluding carboxylic acids is 1. The highest BCUT2D eigenvalue weighted by atomic mass is 32.2. The van der Waals surface area contributed by atoms with Crippen molar-refractivity contribution in [2.75, 3.05) is 20.1 Å². The second-order valence-electron chi connectivity index (χ2n) is 6.37. The number of aryl methyl sites for hydroxylation is 2. The second kappa shape index (κ2) is 7.53. The van der Waals surface area contributed by atoms with E-state index in [2.05, 4.69) is 15.5 Å². The molecule has 27 heavy (non-hydrogen) atoms. The third-order valence-corrected chi connectivity index (χ3v) is 6.51. The highest BCUT2D eigenvalue weighted by Gasteiger charge is 2.28. The average molecular weight is 390 g/mol. The van der Waals surface area contributed by atoms with Gasteiger partial charge in [0, 0.05) is 37.2 Å². The fourth-order valence-electron chi connectivity index (χ4n) is 2.99. The highest BCUT2D eigenvalue weighted by Crippen LogP contribution is 2.22. The van der Waals surface area contributed by atoms with E-state index in [9.17, 15) is 13.2 Å². The number of para-hydroxylation sites is 1. The Morgan fingerprint density at radius 1 is 1.30 bits per heavy atom. The fourth-order valence-corrected chi connectivity index (χ4v) is 4.44. The molecule has 0 unspecified atom stereocenters. The summed E-state index contributed by atoms with van der Waals surface area (Å²) in [6.07, 6.45) is 2.04. The van der Waals surface area contributed by atoms with Gasteiger partial charge in [-0.25, -0.2) is 8.42 Å². The van der Waals surface area contributed by atoms with E-state index in [1.54, 1.807) is 13.8 Å². The summed E-state index contributed by atoms with van der Waals surface area (Å²) in [7, 11) is -2.25. The molecule has 1 aromatic carbocycles. The van der Waals surface area contributed by atoms with Crippen LogP contribution in [-0.2, 0) is 21.2 Å². The van der Waals surface area contributed by atoms with Gasteiger partial charge in [-0.2, -0.15) is 4.31 Å². The summed E-state index contributed by atoms with van der Waals surface area (Å²) in [6.45, 7) is 3.50. The number of aromatic nitrogens is 2.